The maximum absolute atomic E-state index is 11.8. The van der Waals surface area contributed by atoms with E-state index in [0.717, 1.165) is 12.0 Å². The van der Waals surface area contributed by atoms with E-state index in [0.29, 0.717) is 24.7 Å². The van der Waals surface area contributed by atoms with Gasteiger partial charge in [-0.3, -0.25) is 4.79 Å². The number of rotatable bonds is 10. The first-order valence-electron chi connectivity index (χ1n) is 8.50. The second-order valence-corrected chi connectivity index (χ2v) is 5.51. The van der Waals surface area contributed by atoms with Crippen molar-refractivity contribution < 1.29 is 23.8 Å². The molecule has 2 rings (SSSR count). The summed E-state index contributed by atoms with van der Waals surface area (Å²) in [5, 5.41) is 2.68. The molecule has 0 radical (unpaired) electrons. The van der Waals surface area contributed by atoms with Gasteiger partial charge in [-0.05, 0) is 24.1 Å². The van der Waals surface area contributed by atoms with E-state index in [9.17, 15) is 9.59 Å². The SMILES string of the molecule is CCCOc1ccccc1OCC(=O)OCC(=O)NCc1ccccc1. The summed E-state index contributed by atoms with van der Waals surface area (Å²) in [4.78, 5) is 23.5. The van der Waals surface area contributed by atoms with Crippen molar-refractivity contribution in [1.82, 2.24) is 5.32 Å². The van der Waals surface area contributed by atoms with Crippen LogP contribution in [0.25, 0.3) is 0 Å². The van der Waals surface area contributed by atoms with Gasteiger partial charge in [-0.1, -0.05) is 49.4 Å². The Morgan fingerprint density at radius 1 is 0.885 bits per heavy atom. The third-order valence-corrected chi connectivity index (χ3v) is 3.35. The van der Waals surface area contributed by atoms with E-state index in [-0.39, 0.29) is 19.1 Å². The number of carbonyl (C=O) groups is 2. The molecule has 1 N–H and O–H groups in total. The van der Waals surface area contributed by atoms with Crippen LogP contribution in [0.15, 0.2) is 54.6 Å². The molecule has 0 bridgehead atoms. The van der Waals surface area contributed by atoms with Crippen LogP contribution in [0.4, 0.5) is 0 Å². The minimum Gasteiger partial charge on any atom is -0.490 e. The van der Waals surface area contributed by atoms with Gasteiger partial charge in [0.2, 0.25) is 0 Å². The van der Waals surface area contributed by atoms with Crippen molar-refractivity contribution in [3.63, 3.8) is 0 Å². The van der Waals surface area contributed by atoms with Gasteiger partial charge >= 0.3 is 5.97 Å². The number of hydrogen-bond donors (Lipinski definition) is 1. The normalized spacial score (nSPS) is 10.0. The predicted molar refractivity (Wildman–Crippen MR) is 97.0 cm³/mol. The van der Waals surface area contributed by atoms with Gasteiger partial charge in [0.15, 0.2) is 24.7 Å². The number of benzene rings is 2. The Morgan fingerprint density at radius 2 is 1.54 bits per heavy atom. The molecule has 0 spiro atoms. The zero-order valence-corrected chi connectivity index (χ0v) is 14.8. The maximum Gasteiger partial charge on any atom is 0.344 e. The van der Waals surface area contributed by atoms with Gasteiger partial charge in [-0.25, -0.2) is 4.79 Å². The molecule has 0 saturated carbocycles. The third kappa shape index (κ3) is 6.84. The lowest BCUT2D eigenvalue weighted by Gasteiger charge is -2.12. The number of ether oxygens (including phenoxy) is 3. The molecule has 138 valence electrons. The molecule has 1 amide bonds. The Bertz CT molecular complexity index is 702. The van der Waals surface area contributed by atoms with Gasteiger partial charge in [0, 0.05) is 6.54 Å². The molecule has 0 aromatic heterocycles. The molecule has 0 aliphatic carbocycles. The zero-order chi connectivity index (χ0) is 18.6. The van der Waals surface area contributed by atoms with E-state index in [1.807, 2.05) is 43.3 Å². The first-order chi connectivity index (χ1) is 12.7. The van der Waals surface area contributed by atoms with E-state index >= 15 is 0 Å². The molecule has 6 nitrogen and oxygen atoms in total. The summed E-state index contributed by atoms with van der Waals surface area (Å²) in [5.41, 5.74) is 0.971. The van der Waals surface area contributed by atoms with Crippen LogP contribution in [0.3, 0.4) is 0 Å². The average Bonchev–Trinajstić information content (AvgIpc) is 2.69. The molecule has 0 heterocycles. The fraction of sp³-hybridized carbons (Fsp3) is 0.300. The van der Waals surface area contributed by atoms with Gasteiger partial charge in [-0.2, -0.15) is 0 Å². The van der Waals surface area contributed by atoms with Crippen molar-refractivity contribution in [2.75, 3.05) is 19.8 Å². The Balaban J connectivity index is 1.69. The summed E-state index contributed by atoms with van der Waals surface area (Å²) in [5.74, 6) is 0.0493. The van der Waals surface area contributed by atoms with Crippen molar-refractivity contribution in [2.24, 2.45) is 0 Å². The molecule has 0 saturated heterocycles. The van der Waals surface area contributed by atoms with Gasteiger partial charge < -0.3 is 19.5 Å². The van der Waals surface area contributed by atoms with Gasteiger partial charge in [-0.15, -0.1) is 0 Å². The number of esters is 1. The minimum absolute atomic E-state index is 0.293. The predicted octanol–water partition coefficient (Wildman–Crippen LogP) is 2.71. The fourth-order valence-corrected chi connectivity index (χ4v) is 2.07. The van der Waals surface area contributed by atoms with Crippen LogP contribution in [0.5, 0.6) is 11.5 Å². The summed E-state index contributed by atoms with van der Waals surface area (Å²) < 4.78 is 15.9. The largest absolute Gasteiger partial charge is 0.490 e. The van der Waals surface area contributed by atoms with Gasteiger partial charge in [0.1, 0.15) is 0 Å². The van der Waals surface area contributed by atoms with Crippen molar-refractivity contribution in [1.29, 1.82) is 0 Å². The molecule has 2 aromatic rings. The summed E-state index contributed by atoms with van der Waals surface area (Å²) in [6, 6.07) is 16.6. The van der Waals surface area contributed by atoms with Crippen LogP contribution >= 0.6 is 0 Å². The van der Waals surface area contributed by atoms with Crippen LogP contribution in [0.2, 0.25) is 0 Å². The van der Waals surface area contributed by atoms with Crippen molar-refractivity contribution >= 4 is 11.9 Å². The van der Waals surface area contributed by atoms with Crippen molar-refractivity contribution in [3.05, 3.63) is 60.2 Å². The summed E-state index contributed by atoms with van der Waals surface area (Å²) in [7, 11) is 0. The van der Waals surface area contributed by atoms with Crippen LogP contribution in [0, 0.1) is 0 Å². The molecule has 2 aromatic carbocycles. The van der Waals surface area contributed by atoms with Gasteiger partial charge in [0.05, 0.1) is 6.61 Å². The molecule has 0 fully saturated rings. The third-order valence-electron chi connectivity index (χ3n) is 3.35. The second-order valence-electron chi connectivity index (χ2n) is 5.51. The Hall–Kier alpha value is -3.02. The molecule has 6 heteroatoms. The number of para-hydroxylation sites is 2. The highest BCUT2D eigenvalue weighted by Gasteiger charge is 2.10. The monoisotopic (exact) mass is 357 g/mol. The van der Waals surface area contributed by atoms with E-state index < -0.39 is 5.97 Å². The van der Waals surface area contributed by atoms with Crippen LogP contribution in [-0.2, 0) is 20.9 Å². The number of hydrogen-bond acceptors (Lipinski definition) is 5. The molecule has 0 aliphatic heterocycles. The standard InChI is InChI=1S/C20H23NO5/c1-2-12-24-17-10-6-7-11-18(17)25-15-20(23)26-14-19(22)21-13-16-8-4-3-5-9-16/h3-11H,2,12-15H2,1H3,(H,21,22). The number of carbonyl (C=O) groups excluding carboxylic acids is 2. The van der Waals surface area contributed by atoms with E-state index in [2.05, 4.69) is 5.32 Å². The van der Waals surface area contributed by atoms with Crippen molar-refractivity contribution in [2.45, 2.75) is 19.9 Å². The van der Waals surface area contributed by atoms with Crippen LogP contribution in [-0.4, -0.2) is 31.7 Å². The highest BCUT2D eigenvalue weighted by atomic mass is 16.6. The molecule has 26 heavy (non-hydrogen) atoms. The first kappa shape index (κ1) is 19.3. The topological polar surface area (TPSA) is 73.9 Å². The quantitative estimate of drug-likeness (QED) is 0.662. The Labute approximate surface area is 153 Å². The lowest BCUT2D eigenvalue weighted by Crippen LogP contribution is -2.29. The first-order valence-corrected chi connectivity index (χ1v) is 8.50. The smallest absolute Gasteiger partial charge is 0.344 e. The van der Waals surface area contributed by atoms with E-state index in [1.165, 1.54) is 0 Å². The highest BCUT2D eigenvalue weighted by Crippen LogP contribution is 2.26. The number of nitrogens with one attached hydrogen (secondary N) is 1. The molecular weight excluding hydrogens is 334 g/mol. The Morgan fingerprint density at radius 3 is 2.23 bits per heavy atom. The highest BCUT2D eigenvalue weighted by molar-refractivity contribution is 5.80. The fourth-order valence-electron chi connectivity index (χ4n) is 2.07. The second kappa shape index (κ2) is 10.8. The van der Waals surface area contributed by atoms with Gasteiger partial charge in [0.25, 0.3) is 5.91 Å². The lowest BCUT2D eigenvalue weighted by molar-refractivity contribution is -0.150. The van der Waals surface area contributed by atoms with E-state index in [1.54, 1.807) is 18.2 Å². The zero-order valence-electron chi connectivity index (χ0n) is 14.8. The molecule has 0 aliphatic rings. The Kier molecular flexibility index (Phi) is 7.99. The minimum atomic E-state index is -0.620. The van der Waals surface area contributed by atoms with Crippen LogP contribution < -0.4 is 14.8 Å². The number of amides is 1. The summed E-state index contributed by atoms with van der Waals surface area (Å²) >= 11 is 0. The molecule has 0 atom stereocenters. The van der Waals surface area contributed by atoms with Crippen LogP contribution in [0.1, 0.15) is 18.9 Å². The molecule has 0 unspecified atom stereocenters. The van der Waals surface area contributed by atoms with E-state index in [4.69, 9.17) is 14.2 Å². The summed E-state index contributed by atoms with van der Waals surface area (Å²) in [6.07, 6.45) is 0.870. The van der Waals surface area contributed by atoms with Crippen molar-refractivity contribution in [3.8, 4) is 11.5 Å². The maximum atomic E-state index is 11.8. The lowest BCUT2D eigenvalue weighted by atomic mass is 10.2. The molecular formula is C20H23NO5. The average molecular weight is 357 g/mol. The summed E-state index contributed by atoms with van der Waals surface area (Å²) in [6.45, 7) is 2.31.